The van der Waals surface area contributed by atoms with Crippen LogP contribution in [-0.2, 0) is 19.3 Å². The van der Waals surface area contributed by atoms with Crippen LogP contribution in [0.5, 0.6) is 0 Å². The lowest BCUT2D eigenvalue weighted by Gasteiger charge is -2.04. The van der Waals surface area contributed by atoms with Gasteiger partial charge in [-0.1, -0.05) is 5.21 Å². The van der Waals surface area contributed by atoms with Crippen LogP contribution in [0.3, 0.4) is 0 Å². The van der Waals surface area contributed by atoms with Crippen LogP contribution in [0.1, 0.15) is 16.3 Å². The van der Waals surface area contributed by atoms with E-state index in [0.29, 0.717) is 27.5 Å². The van der Waals surface area contributed by atoms with Crippen molar-refractivity contribution in [3.63, 3.8) is 0 Å². The third-order valence-electron chi connectivity index (χ3n) is 2.85. The second-order valence-corrected chi connectivity index (χ2v) is 5.51. The number of halogens is 3. The van der Waals surface area contributed by atoms with Gasteiger partial charge < -0.3 is 5.73 Å². The van der Waals surface area contributed by atoms with E-state index >= 15 is 0 Å². The fraction of sp³-hybridized carbons (Fsp3) is 0.250. The number of fused-ring (bicyclic) bond motifs is 1. The Labute approximate surface area is 121 Å². The fourth-order valence-electron chi connectivity index (χ4n) is 1.87. The van der Waals surface area contributed by atoms with Gasteiger partial charge in [-0.2, -0.15) is 13.2 Å². The van der Waals surface area contributed by atoms with Crippen molar-refractivity contribution in [1.29, 1.82) is 0 Å². The van der Waals surface area contributed by atoms with Crippen molar-refractivity contribution in [1.82, 2.24) is 20.0 Å². The maximum Gasteiger partial charge on any atom is 0.416 e. The summed E-state index contributed by atoms with van der Waals surface area (Å²) in [7, 11) is 0. The van der Waals surface area contributed by atoms with Crippen molar-refractivity contribution in [2.45, 2.75) is 19.3 Å². The monoisotopic (exact) mass is 313 g/mol. The molecule has 0 saturated carbocycles. The van der Waals surface area contributed by atoms with Gasteiger partial charge in [0.25, 0.3) is 0 Å². The highest BCUT2D eigenvalue weighted by Gasteiger charge is 2.30. The molecule has 3 aromatic rings. The van der Waals surface area contributed by atoms with E-state index in [9.17, 15) is 13.2 Å². The molecule has 2 N–H and O–H groups in total. The quantitative estimate of drug-likeness (QED) is 0.806. The van der Waals surface area contributed by atoms with E-state index < -0.39 is 11.7 Å². The van der Waals surface area contributed by atoms with Crippen molar-refractivity contribution in [2.24, 2.45) is 5.73 Å². The van der Waals surface area contributed by atoms with Gasteiger partial charge in [-0.25, -0.2) is 9.67 Å². The molecule has 0 unspecified atom stereocenters. The number of hydrogen-bond donors (Lipinski definition) is 1. The Morgan fingerprint density at radius 2 is 2.10 bits per heavy atom. The summed E-state index contributed by atoms with van der Waals surface area (Å²) in [6, 6.07) is 3.56. The zero-order valence-electron chi connectivity index (χ0n) is 10.6. The van der Waals surface area contributed by atoms with Crippen LogP contribution >= 0.6 is 11.3 Å². The summed E-state index contributed by atoms with van der Waals surface area (Å²) in [5.41, 5.74) is 5.73. The average molecular weight is 313 g/mol. The Morgan fingerprint density at radius 1 is 1.29 bits per heavy atom. The van der Waals surface area contributed by atoms with Gasteiger partial charge in [-0.05, 0) is 18.2 Å². The molecule has 0 fully saturated rings. The van der Waals surface area contributed by atoms with Gasteiger partial charge in [-0.15, -0.1) is 16.4 Å². The topological polar surface area (TPSA) is 69.6 Å². The smallest absolute Gasteiger partial charge is 0.325 e. The molecule has 0 radical (unpaired) electrons. The molecule has 0 saturated heterocycles. The molecule has 0 aliphatic heterocycles. The van der Waals surface area contributed by atoms with Crippen molar-refractivity contribution >= 4 is 21.6 Å². The lowest BCUT2D eigenvalue weighted by atomic mass is 10.2. The average Bonchev–Trinajstić information content (AvgIpc) is 3.02. The van der Waals surface area contributed by atoms with E-state index in [1.54, 1.807) is 10.9 Å². The molecular weight excluding hydrogens is 303 g/mol. The molecule has 0 amide bonds. The Hall–Kier alpha value is -2.00. The maximum atomic E-state index is 12.7. The zero-order chi connectivity index (χ0) is 15.0. The second kappa shape index (κ2) is 5.08. The highest BCUT2D eigenvalue weighted by atomic mass is 32.1. The molecule has 1 aromatic carbocycles. The Balaban J connectivity index is 1.90. The predicted molar refractivity (Wildman–Crippen MR) is 71.6 cm³/mol. The van der Waals surface area contributed by atoms with Crippen LogP contribution in [0.2, 0.25) is 0 Å². The normalized spacial score (nSPS) is 12.2. The Kier molecular flexibility index (Phi) is 3.38. The number of thiazole rings is 1. The molecule has 21 heavy (non-hydrogen) atoms. The molecule has 0 atom stereocenters. The van der Waals surface area contributed by atoms with Crippen molar-refractivity contribution in [3.05, 3.63) is 40.7 Å². The first-order valence-corrected chi connectivity index (χ1v) is 6.83. The van der Waals surface area contributed by atoms with Crippen molar-refractivity contribution in [3.8, 4) is 0 Å². The van der Waals surface area contributed by atoms with Gasteiger partial charge in [0.15, 0.2) is 0 Å². The molecule has 2 heterocycles. The summed E-state index contributed by atoms with van der Waals surface area (Å²) < 4.78 is 40.2. The zero-order valence-corrected chi connectivity index (χ0v) is 11.4. The van der Waals surface area contributed by atoms with Gasteiger partial charge in [0.05, 0.1) is 34.2 Å². The summed E-state index contributed by atoms with van der Waals surface area (Å²) in [5, 5.41) is 8.39. The predicted octanol–water partition coefficient (Wildman–Crippen LogP) is 2.41. The third-order valence-corrected chi connectivity index (χ3v) is 3.87. The molecule has 0 spiro atoms. The van der Waals surface area contributed by atoms with Crippen molar-refractivity contribution in [2.75, 3.05) is 0 Å². The van der Waals surface area contributed by atoms with E-state index in [1.807, 2.05) is 0 Å². The van der Waals surface area contributed by atoms with Crippen LogP contribution < -0.4 is 5.73 Å². The second-order valence-electron chi connectivity index (χ2n) is 4.40. The minimum atomic E-state index is -4.36. The highest BCUT2D eigenvalue weighted by Crippen LogP contribution is 2.32. The summed E-state index contributed by atoms with van der Waals surface area (Å²) >= 11 is 1.33. The standard InChI is InChI=1S/C12H10F3N5S/c13-12(14,15)7-1-2-10-9(3-7)17-11(21-10)6-20-5-8(4-16)18-19-20/h1-3,5H,4,6,16H2. The minimum absolute atomic E-state index is 0.286. The molecular formula is C12H10F3N5S. The fourth-order valence-corrected chi connectivity index (χ4v) is 2.81. The molecule has 2 aromatic heterocycles. The van der Waals surface area contributed by atoms with Gasteiger partial charge >= 0.3 is 6.18 Å². The number of rotatable bonds is 3. The molecule has 0 bridgehead atoms. The summed E-state index contributed by atoms with van der Waals surface area (Å²) in [5.74, 6) is 0. The first-order chi connectivity index (χ1) is 9.95. The van der Waals surface area contributed by atoms with Crippen LogP contribution in [-0.4, -0.2) is 20.0 Å². The van der Waals surface area contributed by atoms with E-state index in [4.69, 9.17) is 5.73 Å². The Morgan fingerprint density at radius 3 is 2.76 bits per heavy atom. The molecule has 5 nitrogen and oxygen atoms in total. The SMILES string of the molecule is NCc1cn(Cc2nc3cc(C(F)(F)F)ccc3s2)nn1. The number of aromatic nitrogens is 4. The van der Waals surface area contributed by atoms with Crippen LogP contribution in [0.4, 0.5) is 13.2 Å². The lowest BCUT2D eigenvalue weighted by molar-refractivity contribution is -0.137. The third kappa shape index (κ3) is 2.88. The summed E-state index contributed by atoms with van der Waals surface area (Å²) in [4.78, 5) is 4.22. The van der Waals surface area contributed by atoms with E-state index in [-0.39, 0.29) is 6.54 Å². The number of hydrogen-bond acceptors (Lipinski definition) is 5. The first-order valence-electron chi connectivity index (χ1n) is 6.01. The van der Waals surface area contributed by atoms with Crippen molar-refractivity contribution < 1.29 is 13.2 Å². The molecule has 0 aliphatic carbocycles. The highest BCUT2D eigenvalue weighted by molar-refractivity contribution is 7.18. The van der Waals surface area contributed by atoms with Gasteiger partial charge in [0.1, 0.15) is 5.01 Å². The molecule has 0 aliphatic rings. The molecule has 3 rings (SSSR count). The first kappa shape index (κ1) is 14.0. The number of alkyl halides is 3. The van der Waals surface area contributed by atoms with E-state index in [1.165, 1.54) is 17.4 Å². The number of nitrogens with zero attached hydrogens (tertiary/aromatic N) is 4. The van der Waals surface area contributed by atoms with Crippen LogP contribution in [0.25, 0.3) is 10.2 Å². The van der Waals surface area contributed by atoms with Crippen LogP contribution in [0, 0.1) is 0 Å². The van der Waals surface area contributed by atoms with Gasteiger partial charge in [0, 0.05) is 6.54 Å². The summed E-state index contributed by atoms with van der Waals surface area (Å²) in [6.07, 6.45) is -2.67. The molecule has 9 heteroatoms. The number of nitrogens with two attached hydrogens (primary N) is 1. The lowest BCUT2D eigenvalue weighted by Crippen LogP contribution is -2.04. The van der Waals surface area contributed by atoms with E-state index in [0.717, 1.165) is 12.1 Å². The summed E-state index contributed by atoms with van der Waals surface area (Å²) in [6.45, 7) is 0.641. The number of benzene rings is 1. The largest absolute Gasteiger partial charge is 0.416 e. The Bertz CT molecular complexity index is 777. The van der Waals surface area contributed by atoms with Crippen LogP contribution in [0.15, 0.2) is 24.4 Å². The van der Waals surface area contributed by atoms with Gasteiger partial charge in [0.2, 0.25) is 0 Å². The molecule has 110 valence electrons. The van der Waals surface area contributed by atoms with Gasteiger partial charge in [-0.3, -0.25) is 0 Å². The maximum absolute atomic E-state index is 12.7. The minimum Gasteiger partial charge on any atom is -0.325 e. The van der Waals surface area contributed by atoms with E-state index in [2.05, 4.69) is 15.3 Å².